The molecular weight excluding hydrogens is 335 g/mol. The Hall–Kier alpha value is -0.870. The minimum absolute atomic E-state index is 0.00953. The van der Waals surface area contributed by atoms with Gasteiger partial charge in [0.1, 0.15) is 0 Å². The summed E-state index contributed by atoms with van der Waals surface area (Å²) in [5.74, 6) is 0.786. The minimum Gasteiger partial charge on any atom is -0.390 e. The van der Waals surface area contributed by atoms with Crippen LogP contribution in [-0.2, 0) is 4.79 Å². The van der Waals surface area contributed by atoms with E-state index in [0.717, 1.165) is 17.7 Å². The molecule has 0 saturated heterocycles. The van der Waals surface area contributed by atoms with Gasteiger partial charge in [-0.2, -0.15) is 0 Å². The lowest BCUT2D eigenvalue weighted by atomic mass is 9.45. The zero-order chi connectivity index (χ0) is 18.0. The molecule has 0 bridgehead atoms. The number of halogens is 1. The van der Waals surface area contributed by atoms with Crippen molar-refractivity contribution >= 4 is 17.5 Å². The van der Waals surface area contributed by atoms with E-state index >= 15 is 4.39 Å². The van der Waals surface area contributed by atoms with Crippen molar-refractivity contribution in [2.24, 2.45) is 22.7 Å². The Bertz CT molecular complexity index is 711. The zero-order valence-electron chi connectivity index (χ0n) is 15.2. The molecule has 2 saturated carbocycles. The van der Waals surface area contributed by atoms with E-state index in [-0.39, 0.29) is 23.0 Å². The van der Waals surface area contributed by atoms with Gasteiger partial charge in [-0.25, -0.2) is 4.39 Å². The molecule has 0 aromatic carbocycles. The molecule has 1 unspecified atom stereocenters. The van der Waals surface area contributed by atoms with Gasteiger partial charge in [-0.1, -0.05) is 44.6 Å². The van der Waals surface area contributed by atoms with Crippen LogP contribution >= 0.6 is 11.8 Å². The first-order chi connectivity index (χ1) is 11.8. The minimum atomic E-state index is -1.70. The molecule has 1 N–H and O–H groups in total. The number of alkyl halides is 1. The molecule has 0 aliphatic heterocycles. The fourth-order valence-corrected chi connectivity index (χ4v) is 6.98. The van der Waals surface area contributed by atoms with Crippen LogP contribution in [0.25, 0.3) is 0 Å². The van der Waals surface area contributed by atoms with E-state index in [1.54, 1.807) is 23.9 Å². The second-order valence-corrected chi connectivity index (χ2v) is 9.83. The fourth-order valence-electron chi connectivity index (χ4n) is 5.99. The third-order valence-electron chi connectivity index (χ3n) is 7.40. The molecule has 0 aromatic rings. The van der Waals surface area contributed by atoms with Crippen molar-refractivity contribution in [1.29, 1.82) is 0 Å². The van der Waals surface area contributed by atoms with Crippen LogP contribution in [0.1, 0.15) is 46.5 Å². The van der Waals surface area contributed by atoms with Gasteiger partial charge >= 0.3 is 0 Å². The van der Waals surface area contributed by atoms with Crippen molar-refractivity contribution in [1.82, 2.24) is 0 Å². The van der Waals surface area contributed by atoms with Crippen molar-refractivity contribution < 1.29 is 14.3 Å². The van der Waals surface area contributed by atoms with Crippen LogP contribution in [0.5, 0.6) is 0 Å². The van der Waals surface area contributed by atoms with Crippen molar-refractivity contribution in [3.63, 3.8) is 0 Å². The van der Waals surface area contributed by atoms with E-state index in [1.165, 1.54) is 4.91 Å². The maximum Gasteiger partial charge on any atom is 0.155 e. The third-order valence-corrected chi connectivity index (χ3v) is 8.59. The van der Waals surface area contributed by atoms with E-state index in [4.69, 9.17) is 0 Å². The first-order valence-corrected chi connectivity index (χ1v) is 10.4. The van der Waals surface area contributed by atoms with Crippen molar-refractivity contribution in [2.45, 2.75) is 58.2 Å². The first kappa shape index (κ1) is 17.5. The average molecular weight is 363 g/mol. The third kappa shape index (κ3) is 2.10. The van der Waals surface area contributed by atoms with Gasteiger partial charge in [0.15, 0.2) is 11.5 Å². The molecule has 4 heteroatoms. The zero-order valence-corrected chi connectivity index (χ0v) is 16.0. The van der Waals surface area contributed by atoms with Gasteiger partial charge in [0, 0.05) is 23.2 Å². The largest absolute Gasteiger partial charge is 0.390 e. The predicted molar refractivity (Wildman–Crippen MR) is 100.0 cm³/mol. The molecule has 4 rings (SSSR count). The van der Waals surface area contributed by atoms with Gasteiger partial charge in [0.25, 0.3) is 0 Å². The molecule has 4 aliphatic rings. The molecule has 4 aliphatic carbocycles. The van der Waals surface area contributed by atoms with Crippen molar-refractivity contribution in [3.05, 3.63) is 34.8 Å². The molecule has 25 heavy (non-hydrogen) atoms. The topological polar surface area (TPSA) is 37.3 Å². The van der Waals surface area contributed by atoms with E-state index in [0.29, 0.717) is 19.3 Å². The summed E-state index contributed by atoms with van der Waals surface area (Å²) in [5.41, 5.74) is -1.55. The fraction of sp³-hybridized carbons (Fsp3) is 0.667. The quantitative estimate of drug-likeness (QED) is 0.780. The molecule has 0 aromatic heterocycles. The highest BCUT2D eigenvalue weighted by molar-refractivity contribution is 8.03. The van der Waals surface area contributed by atoms with Crippen LogP contribution in [0.3, 0.4) is 0 Å². The lowest BCUT2D eigenvalue weighted by Gasteiger charge is -2.61. The normalized spacial score (nSPS) is 48.4. The number of carbonyl (C=O) groups is 1. The number of allylic oxidation sites excluding steroid dienone is 6. The van der Waals surface area contributed by atoms with Gasteiger partial charge in [-0.05, 0) is 41.9 Å². The van der Waals surface area contributed by atoms with Crippen LogP contribution in [0.15, 0.2) is 34.8 Å². The highest BCUT2D eigenvalue weighted by Gasteiger charge is 2.68. The van der Waals surface area contributed by atoms with Crippen LogP contribution in [-0.4, -0.2) is 28.4 Å². The van der Waals surface area contributed by atoms with E-state index in [2.05, 4.69) is 26.0 Å². The summed E-state index contributed by atoms with van der Waals surface area (Å²) in [7, 11) is 0. The van der Waals surface area contributed by atoms with Gasteiger partial charge in [0.05, 0.1) is 6.10 Å². The Balaban J connectivity index is 1.78. The molecule has 2 fully saturated rings. The number of aliphatic hydroxyl groups excluding tert-OH is 1. The molecule has 0 heterocycles. The second-order valence-electron chi connectivity index (χ2n) is 8.52. The van der Waals surface area contributed by atoms with Crippen molar-refractivity contribution in [2.75, 3.05) is 5.75 Å². The molecule has 136 valence electrons. The highest BCUT2D eigenvalue weighted by Crippen LogP contribution is 2.67. The molecule has 6 atom stereocenters. The van der Waals surface area contributed by atoms with Crippen LogP contribution in [0, 0.1) is 22.7 Å². The number of hydrogen-bond donors (Lipinski definition) is 1. The number of rotatable bonds is 2. The summed E-state index contributed by atoms with van der Waals surface area (Å²) >= 11 is 1.80. The maximum absolute atomic E-state index is 16.7. The summed E-state index contributed by atoms with van der Waals surface area (Å²) in [6.07, 6.45) is 8.95. The summed E-state index contributed by atoms with van der Waals surface area (Å²) in [5, 5.41) is 11.1. The smallest absolute Gasteiger partial charge is 0.155 e. The average Bonchev–Trinajstić information content (AvgIpc) is 2.87. The second kappa shape index (κ2) is 5.56. The van der Waals surface area contributed by atoms with Gasteiger partial charge in [-0.15, -0.1) is 11.8 Å². The number of carbonyl (C=O) groups excluding carboxylic acids is 1. The Morgan fingerprint density at radius 2 is 2.08 bits per heavy atom. The predicted octanol–water partition coefficient (Wildman–Crippen LogP) is 4.60. The summed E-state index contributed by atoms with van der Waals surface area (Å²) in [4.78, 5) is 13.1. The van der Waals surface area contributed by atoms with Gasteiger partial charge < -0.3 is 5.11 Å². The van der Waals surface area contributed by atoms with E-state index in [9.17, 15) is 9.90 Å². The Kier molecular flexibility index (Phi) is 3.90. The molecule has 0 spiro atoms. The SMILES string of the molecule is CCSC1=CC=C2[C@@H]3CCC4CC(=O)C=C[C@]4(C)[C@@]3(F)[C@@H](O)C[C@]12C. The number of ketones is 1. The van der Waals surface area contributed by atoms with Crippen molar-refractivity contribution in [3.8, 4) is 0 Å². The van der Waals surface area contributed by atoms with Gasteiger partial charge in [0.2, 0.25) is 0 Å². The first-order valence-electron chi connectivity index (χ1n) is 9.42. The van der Waals surface area contributed by atoms with Crippen LogP contribution in [0.4, 0.5) is 4.39 Å². The molecule has 0 amide bonds. The number of hydrogen-bond acceptors (Lipinski definition) is 3. The number of aliphatic hydroxyl groups is 1. The lowest BCUT2D eigenvalue weighted by molar-refractivity contribution is -0.177. The lowest BCUT2D eigenvalue weighted by Crippen LogP contribution is -2.66. The monoisotopic (exact) mass is 362 g/mol. The number of fused-ring (bicyclic) bond motifs is 5. The maximum atomic E-state index is 16.7. The standard InChI is InChI=1S/C21H27FO2S/c1-4-25-18-8-7-15-16-6-5-13-11-14(23)9-10-20(13,3)21(16,22)17(24)12-19(15,18)2/h7-10,13,16-17,24H,4-6,11-12H2,1-3H3/t13?,16-,17-,19-,20-,21-/m0/s1. The number of thioether (sulfide) groups is 1. The summed E-state index contributed by atoms with van der Waals surface area (Å²) in [6.45, 7) is 6.21. The highest BCUT2D eigenvalue weighted by atomic mass is 32.2. The summed E-state index contributed by atoms with van der Waals surface area (Å²) in [6, 6.07) is 0. The van der Waals surface area contributed by atoms with Gasteiger partial charge in [-0.3, -0.25) is 4.79 Å². The molecular formula is C21H27FO2S. The van der Waals surface area contributed by atoms with Crippen LogP contribution < -0.4 is 0 Å². The Morgan fingerprint density at radius 1 is 1.32 bits per heavy atom. The summed E-state index contributed by atoms with van der Waals surface area (Å²) < 4.78 is 16.7. The molecule has 0 radical (unpaired) electrons. The van der Waals surface area contributed by atoms with Crippen LogP contribution in [0.2, 0.25) is 0 Å². The Morgan fingerprint density at radius 3 is 2.80 bits per heavy atom. The van der Waals surface area contributed by atoms with E-state index < -0.39 is 17.2 Å². The molecule has 2 nitrogen and oxygen atoms in total. The Labute approximate surface area is 153 Å². The van der Waals surface area contributed by atoms with E-state index in [1.807, 2.05) is 6.92 Å².